The van der Waals surface area contributed by atoms with Crippen molar-refractivity contribution in [1.29, 1.82) is 0 Å². The van der Waals surface area contributed by atoms with E-state index in [9.17, 15) is 4.79 Å². The lowest BCUT2D eigenvalue weighted by Crippen LogP contribution is -2.40. The van der Waals surface area contributed by atoms with Crippen molar-refractivity contribution in [2.24, 2.45) is 5.92 Å². The maximum absolute atomic E-state index is 12.2. The van der Waals surface area contributed by atoms with Gasteiger partial charge in [-0.25, -0.2) is 0 Å². The largest absolute Gasteiger partial charge is 0.396 e. The molecule has 0 saturated carbocycles. The third-order valence-electron chi connectivity index (χ3n) is 3.65. The van der Waals surface area contributed by atoms with Crippen LogP contribution >= 0.6 is 11.8 Å². The van der Waals surface area contributed by atoms with Crippen molar-refractivity contribution >= 4 is 17.7 Å². The summed E-state index contributed by atoms with van der Waals surface area (Å²) in [6, 6.07) is 0.294. The minimum atomic E-state index is 0.143. The van der Waals surface area contributed by atoms with Crippen LogP contribution in [-0.2, 0) is 4.79 Å². The van der Waals surface area contributed by atoms with E-state index in [-0.39, 0.29) is 12.5 Å². The molecule has 1 amide bonds. The highest BCUT2D eigenvalue weighted by Crippen LogP contribution is 2.21. The Morgan fingerprint density at radius 1 is 1.50 bits per heavy atom. The minimum Gasteiger partial charge on any atom is -0.396 e. The third-order valence-corrected chi connectivity index (χ3v) is 4.59. The molecule has 0 unspecified atom stereocenters. The van der Waals surface area contributed by atoms with E-state index in [1.807, 2.05) is 9.47 Å². The monoisotopic (exact) mass is 298 g/mol. The SMILES string of the molecule is CC(C)n1cnnc1SCC(=O)N1CCC(CO)CC1. The average molecular weight is 298 g/mol. The molecule has 1 aromatic heterocycles. The van der Waals surface area contributed by atoms with Gasteiger partial charge >= 0.3 is 0 Å². The van der Waals surface area contributed by atoms with Crippen LogP contribution in [0.1, 0.15) is 32.7 Å². The van der Waals surface area contributed by atoms with Crippen LogP contribution in [0, 0.1) is 5.92 Å². The van der Waals surface area contributed by atoms with Gasteiger partial charge in [-0.2, -0.15) is 0 Å². The smallest absolute Gasteiger partial charge is 0.233 e. The lowest BCUT2D eigenvalue weighted by Gasteiger charge is -2.31. The number of hydrogen-bond acceptors (Lipinski definition) is 5. The summed E-state index contributed by atoms with van der Waals surface area (Å²) in [7, 11) is 0. The van der Waals surface area contributed by atoms with Gasteiger partial charge in [0.2, 0.25) is 5.91 Å². The molecule has 1 aromatic rings. The molecule has 1 saturated heterocycles. The van der Waals surface area contributed by atoms with Crippen LogP contribution in [-0.4, -0.2) is 56.1 Å². The lowest BCUT2D eigenvalue weighted by molar-refractivity contribution is -0.129. The van der Waals surface area contributed by atoms with Gasteiger partial charge in [0.25, 0.3) is 0 Å². The zero-order valence-corrected chi connectivity index (χ0v) is 12.8. The van der Waals surface area contributed by atoms with E-state index in [0.29, 0.717) is 17.7 Å². The number of hydrogen-bond donors (Lipinski definition) is 1. The third kappa shape index (κ3) is 3.73. The second kappa shape index (κ2) is 7.08. The molecule has 6 nitrogen and oxygen atoms in total. The first kappa shape index (κ1) is 15.3. The number of aliphatic hydroxyl groups excluding tert-OH is 1. The van der Waals surface area contributed by atoms with Gasteiger partial charge in [-0.05, 0) is 32.6 Å². The summed E-state index contributed by atoms with van der Waals surface area (Å²) in [4.78, 5) is 14.0. The fourth-order valence-electron chi connectivity index (χ4n) is 2.27. The first-order chi connectivity index (χ1) is 9.61. The average Bonchev–Trinajstić information content (AvgIpc) is 2.93. The van der Waals surface area contributed by atoms with Gasteiger partial charge in [0.1, 0.15) is 6.33 Å². The molecule has 112 valence electrons. The molecule has 20 heavy (non-hydrogen) atoms. The van der Waals surface area contributed by atoms with E-state index in [1.165, 1.54) is 11.8 Å². The van der Waals surface area contributed by atoms with Gasteiger partial charge in [0.05, 0.1) is 5.75 Å². The second-order valence-electron chi connectivity index (χ2n) is 5.41. The summed E-state index contributed by atoms with van der Waals surface area (Å²) in [6.07, 6.45) is 3.49. The minimum absolute atomic E-state index is 0.143. The lowest BCUT2D eigenvalue weighted by atomic mass is 9.98. The van der Waals surface area contributed by atoms with Crippen molar-refractivity contribution in [2.45, 2.75) is 37.9 Å². The number of carbonyl (C=O) groups excluding carboxylic acids is 1. The number of likely N-dealkylation sites (tertiary alicyclic amines) is 1. The number of rotatable bonds is 5. The van der Waals surface area contributed by atoms with Gasteiger partial charge in [0, 0.05) is 25.7 Å². The van der Waals surface area contributed by atoms with E-state index < -0.39 is 0 Å². The van der Waals surface area contributed by atoms with Gasteiger partial charge < -0.3 is 14.6 Å². The first-order valence-electron chi connectivity index (χ1n) is 7.02. The molecule has 0 radical (unpaired) electrons. The molecule has 0 bridgehead atoms. The van der Waals surface area contributed by atoms with E-state index in [1.54, 1.807) is 6.33 Å². The molecule has 1 fully saturated rings. The summed E-state index contributed by atoms with van der Waals surface area (Å²) >= 11 is 1.44. The van der Waals surface area contributed by atoms with Crippen molar-refractivity contribution in [2.75, 3.05) is 25.4 Å². The highest BCUT2D eigenvalue weighted by atomic mass is 32.2. The highest BCUT2D eigenvalue weighted by molar-refractivity contribution is 7.99. The van der Waals surface area contributed by atoms with Crippen LogP contribution in [0.3, 0.4) is 0 Å². The number of carbonyl (C=O) groups is 1. The normalized spacial score (nSPS) is 16.9. The van der Waals surface area contributed by atoms with Crippen LogP contribution in [0.15, 0.2) is 11.5 Å². The van der Waals surface area contributed by atoms with Crippen LogP contribution in [0.5, 0.6) is 0 Å². The fraction of sp³-hybridized carbons (Fsp3) is 0.769. The van der Waals surface area contributed by atoms with Crippen molar-refractivity contribution in [3.63, 3.8) is 0 Å². The van der Waals surface area contributed by atoms with E-state index >= 15 is 0 Å². The molecule has 1 aliphatic rings. The van der Waals surface area contributed by atoms with Gasteiger partial charge in [-0.3, -0.25) is 4.79 Å². The molecular weight excluding hydrogens is 276 g/mol. The highest BCUT2D eigenvalue weighted by Gasteiger charge is 2.22. The fourth-order valence-corrected chi connectivity index (χ4v) is 3.22. The number of aromatic nitrogens is 3. The van der Waals surface area contributed by atoms with Gasteiger partial charge in [-0.1, -0.05) is 11.8 Å². The maximum Gasteiger partial charge on any atom is 0.233 e. The molecule has 1 aliphatic heterocycles. The molecule has 0 atom stereocenters. The molecule has 7 heteroatoms. The Morgan fingerprint density at radius 3 is 2.80 bits per heavy atom. The number of thioether (sulfide) groups is 1. The number of amides is 1. The second-order valence-corrected chi connectivity index (χ2v) is 6.35. The van der Waals surface area contributed by atoms with Crippen LogP contribution in [0.25, 0.3) is 0 Å². The predicted molar refractivity (Wildman–Crippen MR) is 77.5 cm³/mol. The Balaban J connectivity index is 1.82. The van der Waals surface area contributed by atoms with Crippen LogP contribution in [0.2, 0.25) is 0 Å². The van der Waals surface area contributed by atoms with Crippen LogP contribution in [0.4, 0.5) is 0 Å². The Bertz CT molecular complexity index is 441. The van der Waals surface area contributed by atoms with Gasteiger partial charge in [-0.15, -0.1) is 10.2 Å². The van der Waals surface area contributed by atoms with Crippen molar-refractivity contribution in [3.05, 3.63) is 6.33 Å². The number of nitrogens with zero attached hydrogens (tertiary/aromatic N) is 4. The topological polar surface area (TPSA) is 71.2 Å². The Morgan fingerprint density at radius 2 is 2.20 bits per heavy atom. The van der Waals surface area contributed by atoms with Crippen molar-refractivity contribution in [3.8, 4) is 0 Å². The maximum atomic E-state index is 12.2. The molecule has 0 aliphatic carbocycles. The molecule has 0 spiro atoms. The molecule has 2 heterocycles. The predicted octanol–water partition coefficient (Wildman–Crippen LogP) is 1.18. The standard InChI is InChI=1S/C13H22N4O2S/c1-10(2)17-9-14-15-13(17)20-8-12(19)16-5-3-11(7-18)4-6-16/h9-11,18H,3-8H2,1-2H3. The Labute approximate surface area is 123 Å². The van der Waals surface area contributed by atoms with Crippen molar-refractivity contribution in [1.82, 2.24) is 19.7 Å². The van der Waals surface area contributed by atoms with Crippen LogP contribution < -0.4 is 0 Å². The summed E-state index contributed by atoms with van der Waals surface area (Å²) in [5.41, 5.74) is 0. The van der Waals surface area contributed by atoms with E-state index in [4.69, 9.17) is 5.11 Å². The summed E-state index contributed by atoms with van der Waals surface area (Å²) in [5.74, 6) is 0.898. The number of piperidine rings is 1. The van der Waals surface area contributed by atoms with E-state index in [2.05, 4.69) is 24.0 Å². The van der Waals surface area contributed by atoms with E-state index in [0.717, 1.165) is 31.1 Å². The zero-order chi connectivity index (χ0) is 14.5. The number of aliphatic hydroxyl groups is 1. The van der Waals surface area contributed by atoms with Gasteiger partial charge in [0.15, 0.2) is 5.16 Å². The summed E-state index contributed by atoms with van der Waals surface area (Å²) < 4.78 is 1.97. The molecule has 2 rings (SSSR count). The first-order valence-corrected chi connectivity index (χ1v) is 8.01. The quantitative estimate of drug-likeness (QED) is 0.827. The Kier molecular flexibility index (Phi) is 5.42. The zero-order valence-electron chi connectivity index (χ0n) is 12.0. The molecular formula is C13H22N4O2S. The van der Waals surface area contributed by atoms with Crippen molar-refractivity contribution < 1.29 is 9.90 Å². The summed E-state index contributed by atoms with van der Waals surface area (Å²) in [6.45, 7) is 5.86. The Hall–Kier alpha value is -1.08. The molecule has 0 aromatic carbocycles. The molecule has 1 N–H and O–H groups in total. The summed E-state index contributed by atoms with van der Waals surface area (Å²) in [5, 5.41) is 17.8.